The first-order valence-electron chi connectivity index (χ1n) is 7.71. The van der Waals surface area contributed by atoms with Gasteiger partial charge in [0.05, 0.1) is 11.4 Å². The molecule has 0 saturated carbocycles. The molecule has 0 spiro atoms. The summed E-state index contributed by atoms with van der Waals surface area (Å²) in [5.41, 5.74) is 3.20. The number of halogens is 2. The molecule has 3 rings (SSSR count). The van der Waals surface area contributed by atoms with Crippen LogP contribution in [0.25, 0.3) is 0 Å². The highest BCUT2D eigenvalue weighted by Crippen LogP contribution is 2.37. The number of benzene rings is 2. The van der Waals surface area contributed by atoms with E-state index in [1.54, 1.807) is 13.0 Å². The molecular formula is C18H20Cl2N2O. The first-order valence-corrected chi connectivity index (χ1v) is 8.47. The molecule has 0 aliphatic carbocycles. The predicted octanol–water partition coefficient (Wildman–Crippen LogP) is 4.55. The molecule has 0 aromatic heterocycles. The van der Waals surface area contributed by atoms with E-state index in [1.165, 1.54) is 0 Å². The van der Waals surface area contributed by atoms with Crippen molar-refractivity contribution in [1.29, 1.82) is 0 Å². The molecule has 0 bridgehead atoms. The van der Waals surface area contributed by atoms with Gasteiger partial charge in [-0.3, -0.25) is 0 Å². The zero-order chi connectivity index (χ0) is 16.6. The maximum absolute atomic E-state index is 10.1. The van der Waals surface area contributed by atoms with Crippen LogP contribution in [0.4, 0.5) is 11.4 Å². The van der Waals surface area contributed by atoms with Crippen molar-refractivity contribution in [3.63, 3.8) is 0 Å². The van der Waals surface area contributed by atoms with Crippen LogP contribution in [0, 0.1) is 0 Å². The molecule has 2 aromatic rings. The number of rotatable bonds is 3. The molecule has 2 aromatic carbocycles. The van der Waals surface area contributed by atoms with E-state index in [0.29, 0.717) is 16.6 Å². The van der Waals surface area contributed by atoms with Gasteiger partial charge in [-0.1, -0.05) is 41.4 Å². The Bertz CT molecular complexity index is 705. The Morgan fingerprint density at radius 2 is 1.87 bits per heavy atom. The summed E-state index contributed by atoms with van der Waals surface area (Å²) in [6.07, 6.45) is -0.521. The highest BCUT2D eigenvalue weighted by atomic mass is 35.5. The fourth-order valence-electron chi connectivity index (χ4n) is 3.27. The molecule has 0 radical (unpaired) electrons. The summed E-state index contributed by atoms with van der Waals surface area (Å²) < 4.78 is 0. The molecule has 122 valence electrons. The van der Waals surface area contributed by atoms with Gasteiger partial charge >= 0.3 is 0 Å². The predicted molar refractivity (Wildman–Crippen MR) is 97.6 cm³/mol. The first-order chi connectivity index (χ1) is 11.0. The van der Waals surface area contributed by atoms with E-state index in [2.05, 4.69) is 22.8 Å². The van der Waals surface area contributed by atoms with E-state index in [1.807, 2.05) is 30.3 Å². The van der Waals surface area contributed by atoms with Crippen LogP contribution in [0.5, 0.6) is 0 Å². The van der Waals surface area contributed by atoms with Crippen molar-refractivity contribution in [3.8, 4) is 0 Å². The largest absolute Gasteiger partial charge is 0.374 e. The Morgan fingerprint density at radius 1 is 1.17 bits per heavy atom. The van der Waals surface area contributed by atoms with E-state index in [0.717, 1.165) is 23.5 Å². The van der Waals surface area contributed by atoms with Gasteiger partial charge in [0, 0.05) is 29.2 Å². The molecule has 1 N–H and O–H groups in total. The lowest BCUT2D eigenvalue weighted by molar-refractivity contribution is 0.177. The van der Waals surface area contributed by atoms with Crippen LogP contribution in [0.3, 0.4) is 0 Å². The van der Waals surface area contributed by atoms with Gasteiger partial charge < -0.3 is 14.9 Å². The van der Waals surface area contributed by atoms with E-state index < -0.39 is 6.23 Å². The Morgan fingerprint density at radius 3 is 2.52 bits per heavy atom. The van der Waals surface area contributed by atoms with Gasteiger partial charge in [-0.2, -0.15) is 0 Å². The number of aliphatic hydroxyl groups excluding tert-OH is 1. The lowest BCUT2D eigenvalue weighted by Gasteiger charge is -2.44. The second-order valence-corrected chi connectivity index (χ2v) is 6.84. The third kappa shape index (κ3) is 3.27. The molecule has 5 heteroatoms. The van der Waals surface area contributed by atoms with Gasteiger partial charge in [0.2, 0.25) is 0 Å². The Balaban J connectivity index is 1.95. The van der Waals surface area contributed by atoms with Crippen molar-refractivity contribution in [2.75, 3.05) is 16.3 Å². The third-order valence-electron chi connectivity index (χ3n) is 4.24. The van der Waals surface area contributed by atoms with E-state index in [-0.39, 0.29) is 6.04 Å². The number of hydrogen-bond donors (Lipinski definition) is 1. The lowest BCUT2D eigenvalue weighted by atomic mass is 10.1. The van der Waals surface area contributed by atoms with Crippen LogP contribution < -0.4 is 9.80 Å². The number of anilines is 2. The smallest absolute Gasteiger partial charge is 0.124 e. The quantitative estimate of drug-likeness (QED) is 0.879. The standard InChI is InChI=1S/C18H20Cl2N2O/c1-12-10-21(11-14-7-8-15(19)9-16(14)20)17-5-3-4-6-18(17)22(12)13(2)23/h3-9,12-13,23H,10-11H2,1-2H3/t12-,13?/m0/s1. The van der Waals surface area contributed by atoms with E-state index in [4.69, 9.17) is 23.2 Å². The highest BCUT2D eigenvalue weighted by molar-refractivity contribution is 6.35. The number of aliphatic hydroxyl groups is 1. The van der Waals surface area contributed by atoms with Crippen LogP contribution in [0.15, 0.2) is 42.5 Å². The van der Waals surface area contributed by atoms with Crippen LogP contribution in [-0.2, 0) is 6.54 Å². The van der Waals surface area contributed by atoms with E-state index >= 15 is 0 Å². The molecule has 1 aliphatic heterocycles. The summed E-state index contributed by atoms with van der Waals surface area (Å²) in [4.78, 5) is 4.35. The zero-order valence-electron chi connectivity index (χ0n) is 13.2. The second kappa shape index (κ2) is 6.60. The van der Waals surface area contributed by atoms with Crippen LogP contribution in [0.2, 0.25) is 10.0 Å². The summed E-state index contributed by atoms with van der Waals surface area (Å²) in [6, 6.07) is 14.0. The van der Waals surface area contributed by atoms with Crippen molar-refractivity contribution >= 4 is 34.6 Å². The van der Waals surface area contributed by atoms with Crippen molar-refractivity contribution in [3.05, 3.63) is 58.1 Å². The number of nitrogens with zero attached hydrogens (tertiary/aromatic N) is 2. The minimum atomic E-state index is -0.521. The number of hydrogen-bond acceptors (Lipinski definition) is 3. The van der Waals surface area contributed by atoms with Crippen molar-refractivity contribution in [2.45, 2.75) is 32.7 Å². The van der Waals surface area contributed by atoms with Gasteiger partial charge in [-0.15, -0.1) is 0 Å². The molecule has 23 heavy (non-hydrogen) atoms. The molecule has 0 amide bonds. The normalized spacial score (nSPS) is 18.7. The number of para-hydroxylation sites is 2. The summed E-state index contributed by atoms with van der Waals surface area (Å²) in [6.45, 7) is 5.46. The fourth-order valence-corrected chi connectivity index (χ4v) is 3.74. The van der Waals surface area contributed by atoms with Gasteiger partial charge in [-0.25, -0.2) is 0 Å². The van der Waals surface area contributed by atoms with Gasteiger partial charge in [0.1, 0.15) is 6.23 Å². The summed E-state index contributed by atoms with van der Waals surface area (Å²) >= 11 is 12.3. The van der Waals surface area contributed by atoms with Crippen LogP contribution in [0.1, 0.15) is 19.4 Å². The van der Waals surface area contributed by atoms with Crippen molar-refractivity contribution < 1.29 is 5.11 Å². The monoisotopic (exact) mass is 350 g/mol. The van der Waals surface area contributed by atoms with Crippen molar-refractivity contribution in [1.82, 2.24) is 0 Å². The topological polar surface area (TPSA) is 26.7 Å². The van der Waals surface area contributed by atoms with Crippen LogP contribution in [-0.4, -0.2) is 23.9 Å². The third-order valence-corrected chi connectivity index (χ3v) is 4.83. The summed E-state index contributed by atoms with van der Waals surface area (Å²) in [5, 5.41) is 11.4. The maximum atomic E-state index is 10.1. The van der Waals surface area contributed by atoms with Gasteiger partial charge in [0.15, 0.2) is 0 Å². The molecule has 0 saturated heterocycles. The molecule has 1 unspecified atom stereocenters. The summed E-state index contributed by atoms with van der Waals surface area (Å²) in [5.74, 6) is 0. The minimum absolute atomic E-state index is 0.205. The lowest BCUT2D eigenvalue weighted by Crippen LogP contribution is -2.51. The Hall–Kier alpha value is -1.42. The average molecular weight is 351 g/mol. The van der Waals surface area contributed by atoms with Crippen LogP contribution >= 0.6 is 23.2 Å². The van der Waals surface area contributed by atoms with E-state index in [9.17, 15) is 5.11 Å². The summed E-state index contributed by atoms with van der Waals surface area (Å²) in [7, 11) is 0. The SMILES string of the molecule is CC(O)N1c2ccccc2N(Cc2ccc(Cl)cc2Cl)C[C@@H]1C. The van der Waals surface area contributed by atoms with Gasteiger partial charge in [-0.05, 0) is 43.7 Å². The molecular weight excluding hydrogens is 331 g/mol. The molecule has 0 fully saturated rings. The van der Waals surface area contributed by atoms with Gasteiger partial charge in [0.25, 0.3) is 0 Å². The minimum Gasteiger partial charge on any atom is -0.374 e. The van der Waals surface area contributed by atoms with Crippen molar-refractivity contribution in [2.24, 2.45) is 0 Å². The molecule has 1 aliphatic rings. The number of fused-ring (bicyclic) bond motifs is 1. The molecule has 1 heterocycles. The maximum Gasteiger partial charge on any atom is 0.124 e. The Labute approximate surface area is 147 Å². The Kier molecular flexibility index (Phi) is 4.72. The molecule has 2 atom stereocenters. The second-order valence-electron chi connectivity index (χ2n) is 5.99. The first kappa shape index (κ1) is 16.4. The zero-order valence-corrected chi connectivity index (χ0v) is 14.7. The fraction of sp³-hybridized carbons (Fsp3) is 0.333. The highest BCUT2D eigenvalue weighted by Gasteiger charge is 2.30. The molecule has 3 nitrogen and oxygen atoms in total. The average Bonchev–Trinajstić information content (AvgIpc) is 2.49.